The quantitative estimate of drug-likeness (QED) is 0.688. The predicted octanol–water partition coefficient (Wildman–Crippen LogP) is 0.233. The number of aliphatic carboxylic acids is 1. The van der Waals surface area contributed by atoms with Crippen LogP contribution in [-0.2, 0) is 23.9 Å². The smallest absolute Gasteiger partial charge is 0.409 e. The van der Waals surface area contributed by atoms with E-state index >= 15 is 0 Å². The number of nitrogens with one attached hydrogen (secondary N) is 1. The zero-order valence-electron chi connectivity index (χ0n) is 14.1. The van der Waals surface area contributed by atoms with Crippen LogP contribution in [0.4, 0.5) is 4.79 Å². The Bertz CT molecular complexity index is 494. The minimum atomic E-state index is -1.11. The van der Waals surface area contributed by atoms with Crippen LogP contribution in [0.1, 0.15) is 26.2 Å². The molecular formula is C15H24N2O7. The first-order valence-corrected chi connectivity index (χ1v) is 7.76. The summed E-state index contributed by atoms with van der Waals surface area (Å²) in [6, 6.07) is -0.963. The third-order valence-corrected chi connectivity index (χ3v) is 4.09. The Balaban J connectivity index is 2.98. The van der Waals surface area contributed by atoms with Gasteiger partial charge in [0.25, 0.3) is 0 Å². The molecule has 136 valence electrons. The van der Waals surface area contributed by atoms with Gasteiger partial charge in [-0.25, -0.2) is 9.59 Å². The van der Waals surface area contributed by atoms with Crippen molar-refractivity contribution in [2.75, 3.05) is 27.3 Å². The second-order valence-corrected chi connectivity index (χ2v) is 5.78. The lowest BCUT2D eigenvalue weighted by molar-refractivity contribution is -0.149. The monoisotopic (exact) mass is 344 g/mol. The van der Waals surface area contributed by atoms with Gasteiger partial charge >= 0.3 is 18.0 Å². The van der Waals surface area contributed by atoms with Crippen LogP contribution in [0.3, 0.4) is 0 Å². The fraction of sp³-hybridized carbons (Fsp3) is 0.733. The Morgan fingerprint density at radius 2 is 2.00 bits per heavy atom. The van der Waals surface area contributed by atoms with Gasteiger partial charge in [-0.2, -0.15) is 0 Å². The van der Waals surface area contributed by atoms with Crippen LogP contribution in [0.2, 0.25) is 0 Å². The van der Waals surface area contributed by atoms with Crippen molar-refractivity contribution in [1.29, 1.82) is 0 Å². The largest absolute Gasteiger partial charge is 0.481 e. The number of carboxylic acids is 1. The molecule has 0 aromatic carbocycles. The van der Waals surface area contributed by atoms with Gasteiger partial charge in [0.1, 0.15) is 6.04 Å². The van der Waals surface area contributed by atoms with Crippen molar-refractivity contribution in [2.45, 2.75) is 32.2 Å². The van der Waals surface area contributed by atoms with Crippen LogP contribution in [0.15, 0.2) is 0 Å². The first-order valence-electron chi connectivity index (χ1n) is 7.76. The lowest BCUT2D eigenvalue weighted by atomic mass is 9.89. The highest BCUT2D eigenvalue weighted by Gasteiger charge is 2.33. The number of ether oxygens (including phenoxy) is 2. The Morgan fingerprint density at radius 1 is 1.33 bits per heavy atom. The highest BCUT2D eigenvalue weighted by Crippen LogP contribution is 2.19. The number of rotatable bonds is 2. The molecule has 1 heterocycles. The van der Waals surface area contributed by atoms with Gasteiger partial charge in [-0.3, -0.25) is 9.59 Å². The average molecular weight is 344 g/mol. The van der Waals surface area contributed by atoms with Gasteiger partial charge in [-0.1, -0.05) is 6.92 Å². The molecule has 2 N–H and O–H groups in total. The number of esters is 1. The molecule has 1 rings (SSSR count). The van der Waals surface area contributed by atoms with Crippen molar-refractivity contribution in [1.82, 2.24) is 10.2 Å². The number of hydrogen-bond acceptors (Lipinski definition) is 6. The van der Waals surface area contributed by atoms with Crippen LogP contribution in [0.25, 0.3) is 0 Å². The van der Waals surface area contributed by atoms with E-state index in [9.17, 15) is 24.3 Å². The molecule has 0 aromatic heterocycles. The van der Waals surface area contributed by atoms with Crippen LogP contribution in [0, 0.1) is 11.8 Å². The number of carbonyl (C=O) groups is 4. The molecule has 9 heteroatoms. The number of cyclic esters (lactones) is 1. The topological polar surface area (TPSA) is 122 Å². The Hall–Kier alpha value is -2.32. The summed E-state index contributed by atoms with van der Waals surface area (Å²) in [5.74, 6) is -4.05. The standard InChI is InChI=1S/C15H24N2O7/c1-9-10(13(19)20)5-4-8-24-15(22)17(2)7-6-11(14(21)23-3)16-12(9)18/h9-11H,4-8H2,1-3H3,(H,16,18)(H,19,20). The first kappa shape index (κ1) is 19.7. The molecule has 0 saturated carbocycles. The average Bonchev–Trinajstić information content (AvgIpc) is 2.55. The van der Waals surface area contributed by atoms with Crippen LogP contribution in [0.5, 0.6) is 0 Å². The molecule has 9 nitrogen and oxygen atoms in total. The molecule has 24 heavy (non-hydrogen) atoms. The summed E-state index contributed by atoms with van der Waals surface area (Å²) >= 11 is 0. The van der Waals surface area contributed by atoms with E-state index in [0.29, 0.717) is 6.42 Å². The molecule has 2 amide bonds. The van der Waals surface area contributed by atoms with Crippen LogP contribution < -0.4 is 5.32 Å². The van der Waals surface area contributed by atoms with Crippen molar-refractivity contribution < 1.29 is 33.8 Å². The molecule has 0 radical (unpaired) electrons. The zero-order valence-corrected chi connectivity index (χ0v) is 14.1. The van der Waals surface area contributed by atoms with E-state index in [1.165, 1.54) is 26.0 Å². The summed E-state index contributed by atoms with van der Waals surface area (Å²) in [5.41, 5.74) is 0. The maximum Gasteiger partial charge on any atom is 0.409 e. The summed E-state index contributed by atoms with van der Waals surface area (Å²) in [7, 11) is 2.71. The molecule has 0 spiro atoms. The number of methoxy groups -OCH3 is 1. The maximum absolute atomic E-state index is 12.3. The molecule has 1 fully saturated rings. The number of carbonyl (C=O) groups excluding carboxylic acids is 3. The number of hydrogen-bond donors (Lipinski definition) is 2. The van der Waals surface area contributed by atoms with Gasteiger partial charge in [0.15, 0.2) is 0 Å². The van der Waals surface area contributed by atoms with Crippen LogP contribution >= 0.6 is 0 Å². The predicted molar refractivity (Wildman–Crippen MR) is 82.1 cm³/mol. The van der Waals surface area contributed by atoms with Crippen LogP contribution in [-0.4, -0.2) is 67.3 Å². The van der Waals surface area contributed by atoms with Gasteiger partial charge in [-0.15, -0.1) is 0 Å². The van der Waals surface area contributed by atoms with Crippen molar-refractivity contribution in [3.05, 3.63) is 0 Å². The molecule has 1 saturated heterocycles. The maximum atomic E-state index is 12.3. The highest BCUT2D eigenvalue weighted by molar-refractivity contribution is 5.88. The second-order valence-electron chi connectivity index (χ2n) is 5.78. The summed E-state index contributed by atoms with van der Waals surface area (Å²) < 4.78 is 9.71. The Kier molecular flexibility index (Phi) is 7.47. The van der Waals surface area contributed by atoms with Gasteiger partial charge in [-0.05, 0) is 19.3 Å². The van der Waals surface area contributed by atoms with Gasteiger partial charge < -0.3 is 24.8 Å². The number of carboxylic acid groups (broad SMARTS) is 1. The summed E-state index contributed by atoms with van der Waals surface area (Å²) in [4.78, 5) is 48.6. The third-order valence-electron chi connectivity index (χ3n) is 4.09. The van der Waals surface area contributed by atoms with E-state index in [-0.39, 0.29) is 26.0 Å². The summed E-state index contributed by atoms with van der Waals surface area (Å²) in [6.45, 7) is 1.75. The normalized spacial score (nSPS) is 27.0. The molecular weight excluding hydrogens is 320 g/mol. The van der Waals surface area contributed by atoms with Crippen molar-refractivity contribution in [3.8, 4) is 0 Å². The lowest BCUT2D eigenvalue weighted by Crippen LogP contribution is -2.47. The number of nitrogens with zero attached hydrogens (tertiary/aromatic N) is 1. The molecule has 3 unspecified atom stereocenters. The third kappa shape index (κ3) is 5.39. The summed E-state index contributed by atoms with van der Waals surface area (Å²) in [5, 5.41) is 11.8. The molecule has 1 aliphatic heterocycles. The minimum absolute atomic E-state index is 0.0712. The van der Waals surface area contributed by atoms with Gasteiger partial charge in [0.2, 0.25) is 5.91 Å². The van der Waals surface area contributed by atoms with E-state index in [0.717, 1.165) is 0 Å². The Labute approximate surface area is 140 Å². The second kappa shape index (κ2) is 9.09. The Morgan fingerprint density at radius 3 is 2.58 bits per heavy atom. The van der Waals surface area contributed by atoms with Crippen molar-refractivity contribution >= 4 is 23.9 Å². The molecule has 3 atom stereocenters. The molecule has 0 aliphatic carbocycles. The fourth-order valence-corrected chi connectivity index (χ4v) is 2.45. The lowest BCUT2D eigenvalue weighted by Gasteiger charge is -2.23. The number of amides is 2. The van der Waals surface area contributed by atoms with Gasteiger partial charge in [0, 0.05) is 19.5 Å². The van der Waals surface area contributed by atoms with E-state index in [4.69, 9.17) is 4.74 Å². The van der Waals surface area contributed by atoms with E-state index in [2.05, 4.69) is 10.1 Å². The minimum Gasteiger partial charge on any atom is -0.481 e. The molecule has 0 aromatic rings. The fourth-order valence-electron chi connectivity index (χ4n) is 2.45. The highest BCUT2D eigenvalue weighted by atomic mass is 16.6. The van der Waals surface area contributed by atoms with E-state index < -0.39 is 41.8 Å². The van der Waals surface area contributed by atoms with E-state index in [1.807, 2.05) is 0 Å². The SMILES string of the molecule is COC(=O)C1CCN(C)C(=O)OCCCC(C(=O)O)C(C)C(=O)N1. The first-order chi connectivity index (χ1) is 11.3. The molecule has 1 aliphatic rings. The van der Waals surface area contributed by atoms with Crippen molar-refractivity contribution in [3.63, 3.8) is 0 Å². The van der Waals surface area contributed by atoms with Gasteiger partial charge in [0.05, 0.1) is 19.6 Å². The zero-order chi connectivity index (χ0) is 18.3. The van der Waals surface area contributed by atoms with E-state index in [1.54, 1.807) is 0 Å². The molecule has 0 bridgehead atoms. The summed E-state index contributed by atoms with van der Waals surface area (Å²) in [6.07, 6.45) is 0.0801. The van der Waals surface area contributed by atoms with Crippen molar-refractivity contribution in [2.24, 2.45) is 11.8 Å².